The first-order valence-electron chi connectivity index (χ1n) is 6.28. The van der Waals surface area contributed by atoms with Crippen molar-refractivity contribution in [1.29, 1.82) is 0 Å². The van der Waals surface area contributed by atoms with E-state index < -0.39 is 24.4 Å². The molecule has 0 aliphatic rings. The molecule has 0 saturated carbocycles. The van der Waals surface area contributed by atoms with E-state index in [9.17, 15) is 14.4 Å². The highest BCUT2D eigenvalue weighted by Gasteiger charge is 2.12. The van der Waals surface area contributed by atoms with Crippen LogP contribution in [0.3, 0.4) is 0 Å². The molecule has 1 aromatic carbocycles. The molecular weight excluding hydrogens is 278 g/mol. The Balaban J connectivity index is 2.39. The lowest BCUT2D eigenvalue weighted by Crippen LogP contribution is -2.34. The number of benzene rings is 1. The molecule has 0 radical (unpaired) electrons. The van der Waals surface area contributed by atoms with Crippen molar-refractivity contribution < 1.29 is 28.6 Å². The monoisotopic (exact) mass is 295 g/mol. The predicted molar refractivity (Wildman–Crippen MR) is 72.9 cm³/mol. The highest BCUT2D eigenvalue weighted by molar-refractivity contribution is 6.05. The third-order valence-electron chi connectivity index (χ3n) is 2.39. The van der Waals surface area contributed by atoms with Gasteiger partial charge in [-0.15, -0.1) is 0 Å². The molecule has 21 heavy (non-hydrogen) atoms. The lowest BCUT2D eigenvalue weighted by Gasteiger charge is -2.06. The zero-order chi connectivity index (χ0) is 15.7. The number of imide groups is 1. The quantitative estimate of drug-likeness (QED) is 0.738. The molecule has 0 aliphatic heterocycles. The Hall–Kier alpha value is -2.41. The Morgan fingerprint density at radius 1 is 1.10 bits per heavy atom. The fourth-order valence-electron chi connectivity index (χ4n) is 1.35. The zero-order valence-corrected chi connectivity index (χ0v) is 11.9. The van der Waals surface area contributed by atoms with E-state index in [1.165, 1.54) is 19.2 Å². The van der Waals surface area contributed by atoms with Gasteiger partial charge >= 0.3 is 5.97 Å². The molecule has 1 aromatic rings. The van der Waals surface area contributed by atoms with Gasteiger partial charge in [0.15, 0.2) is 6.61 Å². The first-order valence-corrected chi connectivity index (χ1v) is 6.28. The molecule has 0 spiro atoms. The van der Waals surface area contributed by atoms with Gasteiger partial charge in [-0.25, -0.2) is 4.79 Å². The summed E-state index contributed by atoms with van der Waals surface area (Å²) in [6.07, 6.45) is 0. The summed E-state index contributed by atoms with van der Waals surface area (Å²) in [5, 5.41) is 2.11. The topological polar surface area (TPSA) is 90.9 Å². The minimum absolute atomic E-state index is 0.226. The molecule has 0 aromatic heterocycles. The molecule has 7 nitrogen and oxygen atoms in total. The molecule has 0 heterocycles. The average Bonchev–Trinajstić information content (AvgIpc) is 2.50. The third kappa shape index (κ3) is 6.05. The van der Waals surface area contributed by atoms with Crippen LogP contribution in [-0.2, 0) is 19.1 Å². The van der Waals surface area contributed by atoms with Gasteiger partial charge < -0.3 is 14.2 Å². The van der Waals surface area contributed by atoms with Crippen LogP contribution in [0.2, 0.25) is 0 Å². The third-order valence-corrected chi connectivity index (χ3v) is 2.39. The van der Waals surface area contributed by atoms with Gasteiger partial charge in [-0.05, 0) is 31.2 Å². The van der Waals surface area contributed by atoms with Crippen LogP contribution in [0.5, 0.6) is 5.75 Å². The minimum Gasteiger partial charge on any atom is -0.497 e. The van der Waals surface area contributed by atoms with Crippen LogP contribution in [0.25, 0.3) is 0 Å². The molecule has 0 atom stereocenters. The normalized spacial score (nSPS) is 9.81. The van der Waals surface area contributed by atoms with Gasteiger partial charge in [0.1, 0.15) is 12.4 Å². The Kier molecular flexibility index (Phi) is 6.90. The molecule has 7 heteroatoms. The number of esters is 1. The number of methoxy groups -OCH3 is 1. The second kappa shape index (κ2) is 8.70. The first kappa shape index (κ1) is 16.6. The number of nitrogens with one attached hydrogen (secondary N) is 1. The number of hydrogen-bond acceptors (Lipinski definition) is 6. The highest BCUT2D eigenvalue weighted by atomic mass is 16.6. The van der Waals surface area contributed by atoms with Gasteiger partial charge in [0.2, 0.25) is 0 Å². The molecular formula is C14H17NO6. The Labute approximate surface area is 122 Å². The number of ether oxygens (including phenoxy) is 3. The standard InChI is InChI=1S/C14H17NO6/c1-3-20-9-13(17)21-8-12(16)15-14(18)10-4-6-11(19-2)7-5-10/h4-7H,3,8-9H2,1-2H3,(H,15,16,18). The summed E-state index contributed by atoms with van der Waals surface area (Å²) in [6.45, 7) is 1.34. The highest BCUT2D eigenvalue weighted by Crippen LogP contribution is 2.10. The summed E-state index contributed by atoms with van der Waals surface area (Å²) >= 11 is 0. The summed E-state index contributed by atoms with van der Waals surface area (Å²) in [5.41, 5.74) is 0.296. The summed E-state index contributed by atoms with van der Waals surface area (Å²) in [5.74, 6) is -1.35. The summed E-state index contributed by atoms with van der Waals surface area (Å²) in [4.78, 5) is 34.3. The number of hydrogen-bond donors (Lipinski definition) is 1. The van der Waals surface area contributed by atoms with Crippen molar-refractivity contribution >= 4 is 17.8 Å². The number of carbonyl (C=O) groups is 3. The number of rotatable bonds is 7. The molecule has 0 bridgehead atoms. The van der Waals surface area contributed by atoms with Crippen LogP contribution in [0.15, 0.2) is 24.3 Å². The molecule has 0 fully saturated rings. The van der Waals surface area contributed by atoms with E-state index >= 15 is 0 Å². The van der Waals surface area contributed by atoms with E-state index in [0.29, 0.717) is 17.9 Å². The summed E-state index contributed by atoms with van der Waals surface area (Å²) in [6, 6.07) is 6.23. The fourth-order valence-corrected chi connectivity index (χ4v) is 1.35. The molecule has 0 saturated heterocycles. The van der Waals surface area contributed by atoms with Crippen LogP contribution >= 0.6 is 0 Å². The lowest BCUT2D eigenvalue weighted by molar-refractivity contribution is -0.152. The molecule has 1 rings (SSSR count). The van der Waals surface area contributed by atoms with Crippen molar-refractivity contribution in [2.24, 2.45) is 0 Å². The Bertz CT molecular complexity index is 497. The van der Waals surface area contributed by atoms with Crippen LogP contribution in [0, 0.1) is 0 Å². The molecule has 0 unspecified atom stereocenters. The zero-order valence-electron chi connectivity index (χ0n) is 11.9. The number of amides is 2. The second-order valence-corrected chi connectivity index (χ2v) is 3.90. The average molecular weight is 295 g/mol. The van der Waals surface area contributed by atoms with Crippen LogP contribution in [-0.4, -0.2) is 44.7 Å². The smallest absolute Gasteiger partial charge is 0.332 e. The predicted octanol–water partition coefficient (Wildman–Crippen LogP) is 0.531. The minimum atomic E-state index is -0.708. The second-order valence-electron chi connectivity index (χ2n) is 3.90. The molecule has 2 amide bonds. The van der Waals surface area contributed by atoms with Crippen molar-refractivity contribution in [2.45, 2.75) is 6.92 Å². The van der Waals surface area contributed by atoms with Crippen molar-refractivity contribution in [2.75, 3.05) is 26.9 Å². The van der Waals surface area contributed by atoms with E-state index in [0.717, 1.165) is 0 Å². The van der Waals surface area contributed by atoms with Gasteiger partial charge in [0, 0.05) is 12.2 Å². The molecule has 114 valence electrons. The van der Waals surface area contributed by atoms with Crippen LogP contribution < -0.4 is 10.1 Å². The number of carbonyl (C=O) groups excluding carboxylic acids is 3. The maximum absolute atomic E-state index is 11.7. The van der Waals surface area contributed by atoms with Gasteiger partial charge in [0.25, 0.3) is 11.8 Å². The first-order chi connectivity index (χ1) is 10.1. The lowest BCUT2D eigenvalue weighted by atomic mass is 10.2. The fraction of sp³-hybridized carbons (Fsp3) is 0.357. The van der Waals surface area contributed by atoms with Crippen molar-refractivity contribution in [3.8, 4) is 5.75 Å². The van der Waals surface area contributed by atoms with E-state index in [1.54, 1.807) is 19.1 Å². The van der Waals surface area contributed by atoms with Crippen molar-refractivity contribution in [3.05, 3.63) is 29.8 Å². The van der Waals surface area contributed by atoms with Gasteiger partial charge in [-0.3, -0.25) is 14.9 Å². The summed E-state index contributed by atoms with van der Waals surface area (Å²) in [7, 11) is 1.51. The maximum Gasteiger partial charge on any atom is 0.332 e. The van der Waals surface area contributed by atoms with Crippen LogP contribution in [0.1, 0.15) is 17.3 Å². The Morgan fingerprint density at radius 3 is 2.33 bits per heavy atom. The largest absolute Gasteiger partial charge is 0.497 e. The van der Waals surface area contributed by atoms with E-state index in [1.807, 2.05) is 0 Å². The molecule has 0 aliphatic carbocycles. The van der Waals surface area contributed by atoms with Gasteiger partial charge in [-0.1, -0.05) is 0 Å². The van der Waals surface area contributed by atoms with Crippen molar-refractivity contribution in [1.82, 2.24) is 5.32 Å². The van der Waals surface area contributed by atoms with E-state index in [4.69, 9.17) is 9.47 Å². The van der Waals surface area contributed by atoms with Gasteiger partial charge in [-0.2, -0.15) is 0 Å². The van der Waals surface area contributed by atoms with E-state index in [-0.39, 0.29) is 6.61 Å². The SMILES string of the molecule is CCOCC(=O)OCC(=O)NC(=O)c1ccc(OC)cc1. The van der Waals surface area contributed by atoms with Crippen LogP contribution in [0.4, 0.5) is 0 Å². The van der Waals surface area contributed by atoms with E-state index in [2.05, 4.69) is 10.1 Å². The van der Waals surface area contributed by atoms with Crippen molar-refractivity contribution in [3.63, 3.8) is 0 Å². The van der Waals surface area contributed by atoms with Gasteiger partial charge in [0.05, 0.1) is 7.11 Å². The maximum atomic E-state index is 11.7. The Morgan fingerprint density at radius 2 is 1.76 bits per heavy atom. The molecule has 1 N–H and O–H groups in total. The summed E-state index contributed by atoms with van der Waals surface area (Å²) < 4.78 is 14.4.